The standard InChI is InChI=1S/C20H16N2O4/c1-2-16(24)17-18(13-4-3-5-15(23)10-13)22(20(26)19(17)25)14-8-6-12(11-21)7-9-14/h3-10,18,23,25H,2H2,1H3. The summed E-state index contributed by atoms with van der Waals surface area (Å²) >= 11 is 0. The SMILES string of the molecule is CCC(=O)C1=C(O)C(=O)N(c2ccc(C#N)cc2)C1c1cccc(O)c1. The van der Waals surface area contributed by atoms with Crippen molar-refractivity contribution in [3.8, 4) is 11.8 Å². The van der Waals surface area contributed by atoms with Crippen LogP contribution < -0.4 is 4.90 Å². The zero-order valence-corrected chi connectivity index (χ0v) is 14.0. The first-order chi connectivity index (χ1) is 12.5. The number of phenolic OH excluding ortho intramolecular Hbond substituents is 1. The van der Waals surface area contributed by atoms with Crippen molar-refractivity contribution in [3.05, 3.63) is 71.0 Å². The number of carbonyl (C=O) groups is 2. The molecule has 2 aromatic carbocycles. The van der Waals surface area contributed by atoms with Crippen molar-refractivity contribution in [2.75, 3.05) is 4.90 Å². The van der Waals surface area contributed by atoms with E-state index in [2.05, 4.69) is 0 Å². The third-order valence-electron chi connectivity index (χ3n) is 4.29. The second-order valence-electron chi connectivity index (χ2n) is 5.87. The first-order valence-corrected chi connectivity index (χ1v) is 8.07. The maximum Gasteiger partial charge on any atom is 0.294 e. The fraction of sp³-hybridized carbons (Fsp3) is 0.150. The van der Waals surface area contributed by atoms with Gasteiger partial charge in [0.05, 0.1) is 23.2 Å². The molecule has 26 heavy (non-hydrogen) atoms. The molecule has 0 saturated carbocycles. The lowest BCUT2D eigenvalue weighted by Crippen LogP contribution is -2.30. The number of nitriles is 1. The normalized spacial score (nSPS) is 16.7. The molecule has 1 aliphatic rings. The van der Waals surface area contributed by atoms with Gasteiger partial charge in [-0.3, -0.25) is 14.5 Å². The summed E-state index contributed by atoms with van der Waals surface area (Å²) in [5, 5.41) is 29.1. The average Bonchev–Trinajstić information content (AvgIpc) is 2.92. The Morgan fingerprint density at radius 2 is 1.88 bits per heavy atom. The zero-order valence-electron chi connectivity index (χ0n) is 14.0. The lowest BCUT2D eigenvalue weighted by atomic mass is 9.94. The average molecular weight is 348 g/mol. The molecule has 0 radical (unpaired) electrons. The zero-order chi connectivity index (χ0) is 18.8. The van der Waals surface area contributed by atoms with Gasteiger partial charge < -0.3 is 10.2 Å². The Morgan fingerprint density at radius 1 is 1.19 bits per heavy atom. The summed E-state index contributed by atoms with van der Waals surface area (Å²) in [6.45, 7) is 1.65. The molecule has 6 nitrogen and oxygen atoms in total. The molecular formula is C20H16N2O4. The summed E-state index contributed by atoms with van der Waals surface area (Å²) in [5.74, 6) is -1.64. The minimum Gasteiger partial charge on any atom is -0.508 e. The molecule has 0 aliphatic carbocycles. The minimum atomic E-state index is -0.852. The molecule has 1 amide bonds. The first-order valence-electron chi connectivity index (χ1n) is 8.07. The topological polar surface area (TPSA) is 102 Å². The van der Waals surface area contributed by atoms with Crippen molar-refractivity contribution < 1.29 is 19.8 Å². The molecule has 6 heteroatoms. The summed E-state index contributed by atoms with van der Waals surface area (Å²) < 4.78 is 0. The number of rotatable bonds is 4. The van der Waals surface area contributed by atoms with E-state index in [1.165, 1.54) is 17.0 Å². The van der Waals surface area contributed by atoms with E-state index in [4.69, 9.17) is 5.26 Å². The highest BCUT2D eigenvalue weighted by atomic mass is 16.3. The van der Waals surface area contributed by atoms with Crippen LogP contribution in [0.1, 0.15) is 30.5 Å². The van der Waals surface area contributed by atoms with E-state index in [0.717, 1.165) is 0 Å². The summed E-state index contributed by atoms with van der Waals surface area (Å²) in [5.41, 5.74) is 1.38. The molecule has 130 valence electrons. The smallest absolute Gasteiger partial charge is 0.294 e. The van der Waals surface area contributed by atoms with E-state index < -0.39 is 17.7 Å². The Hall–Kier alpha value is -3.59. The van der Waals surface area contributed by atoms with Crippen LogP contribution in [0.3, 0.4) is 0 Å². The Balaban J connectivity index is 2.17. The van der Waals surface area contributed by atoms with Crippen molar-refractivity contribution in [2.24, 2.45) is 0 Å². The lowest BCUT2D eigenvalue weighted by Gasteiger charge is -2.27. The van der Waals surface area contributed by atoms with Crippen molar-refractivity contribution in [2.45, 2.75) is 19.4 Å². The number of anilines is 1. The summed E-state index contributed by atoms with van der Waals surface area (Å²) in [7, 11) is 0. The molecule has 1 unspecified atom stereocenters. The third-order valence-corrected chi connectivity index (χ3v) is 4.29. The second kappa shape index (κ2) is 6.73. The van der Waals surface area contributed by atoms with Crippen LogP contribution in [0.25, 0.3) is 0 Å². The predicted molar refractivity (Wildman–Crippen MR) is 94.4 cm³/mol. The molecule has 2 aromatic rings. The van der Waals surface area contributed by atoms with Gasteiger partial charge in [-0.2, -0.15) is 5.26 Å². The summed E-state index contributed by atoms with van der Waals surface area (Å²) in [6.07, 6.45) is 0.128. The van der Waals surface area contributed by atoms with Crippen molar-refractivity contribution in [1.82, 2.24) is 0 Å². The Labute approximate surface area is 150 Å². The largest absolute Gasteiger partial charge is 0.508 e. The molecule has 0 bridgehead atoms. The van der Waals surface area contributed by atoms with E-state index in [1.807, 2.05) is 6.07 Å². The lowest BCUT2D eigenvalue weighted by molar-refractivity contribution is -0.118. The number of nitrogens with zero attached hydrogens (tertiary/aromatic N) is 2. The van der Waals surface area contributed by atoms with Crippen LogP contribution in [0.2, 0.25) is 0 Å². The molecule has 0 fully saturated rings. The van der Waals surface area contributed by atoms with Gasteiger partial charge in [0.15, 0.2) is 11.5 Å². The third kappa shape index (κ3) is 2.80. The predicted octanol–water partition coefficient (Wildman–Crippen LogP) is 3.14. The highest BCUT2D eigenvalue weighted by molar-refractivity contribution is 6.16. The molecule has 3 rings (SSSR count). The van der Waals surface area contributed by atoms with Crippen molar-refractivity contribution >= 4 is 17.4 Å². The minimum absolute atomic E-state index is 0.00691. The molecule has 0 aromatic heterocycles. The van der Waals surface area contributed by atoms with Gasteiger partial charge in [0.25, 0.3) is 5.91 Å². The molecular weight excluding hydrogens is 332 g/mol. The summed E-state index contributed by atoms with van der Waals surface area (Å²) in [4.78, 5) is 26.4. The molecule has 1 heterocycles. The number of benzene rings is 2. The second-order valence-corrected chi connectivity index (χ2v) is 5.87. The molecule has 1 aliphatic heterocycles. The van der Waals surface area contributed by atoms with Crippen LogP contribution in [0.15, 0.2) is 59.9 Å². The number of aliphatic hydroxyl groups excluding tert-OH is 1. The summed E-state index contributed by atoms with van der Waals surface area (Å²) in [6, 6.07) is 13.6. The number of aliphatic hydroxyl groups is 1. The monoisotopic (exact) mass is 348 g/mol. The maximum absolute atomic E-state index is 12.7. The van der Waals surface area contributed by atoms with Gasteiger partial charge in [-0.15, -0.1) is 0 Å². The van der Waals surface area contributed by atoms with Crippen LogP contribution in [0.4, 0.5) is 5.69 Å². The number of carbonyl (C=O) groups excluding carboxylic acids is 2. The number of hydrogen-bond donors (Lipinski definition) is 2. The quantitative estimate of drug-likeness (QED) is 0.884. The number of Topliss-reactive ketones (excluding diaryl/α,β-unsaturated/α-hetero) is 1. The van der Waals surface area contributed by atoms with Crippen LogP contribution in [-0.2, 0) is 9.59 Å². The van der Waals surface area contributed by atoms with Gasteiger partial charge in [0.2, 0.25) is 0 Å². The number of ketones is 1. The van der Waals surface area contributed by atoms with Crippen molar-refractivity contribution in [1.29, 1.82) is 5.26 Å². The van der Waals surface area contributed by atoms with E-state index in [1.54, 1.807) is 43.3 Å². The van der Waals surface area contributed by atoms with E-state index in [9.17, 15) is 19.8 Å². The van der Waals surface area contributed by atoms with Gasteiger partial charge >= 0.3 is 0 Å². The van der Waals surface area contributed by atoms with Gasteiger partial charge in [0, 0.05) is 12.1 Å². The van der Waals surface area contributed by atoms with Crippen LogP contribution in [0, 0.1) is 11.3 Å². The fourth-order valence-electron chi connectivity index (χ4n) is 3.05. The van der Waals surface area contributed by atoms with E-state index >= 15 is 0 Å². The maximum atomic E-state index is 12.7. The fourth-order valence-corrected chi connectivity index (χ4v) is 3.05. The van der Waals surface area contributed by atoms with Gasteiger partial charge in [-0.05, 0) is 42.0 Å². The highest BCUT2D eigenvalue weighted by Crippen LogP contribution is 2.41. The first kappa shape index (κ1) is 17.2. The number of hydrogen-bond acceptors (Lipinski definition) is 5. The van der Waals surface area contributed by atoms with E-state index in [-0.39, 0.29) is 23.5 Å². The number of aromatic hydroxyl groups is 1. The van der Waals surface area contributed by atoms with E-state index in [0.29, 0.717) is 16.8 Å². The van der Waals surface area contributed by atoms with Crippen LogP contribution in [-0.4, -0.2) is 21.9 Å². The number of phenols is 1. The van der Waals surface area contributed by atoms with Crippen LogP contribution in [0.5, 0.6) is 5.75 Å². The molecule has 0 saturated heterocycles. The Bertz CT molecular complexity index is 955. The van der Waals surface area contributed by atoms with Gasteiger partial charge in [-0.25, -0.2) is 0 Å². The Kier molecular flexibility index (Phi) is 4.46. The molecule has 0 spiro atoms. The van der Waals surface area contributed by atoms with Gasteiger partial charge in [0.1, 0.15) is 5.75 Å². The highest BCUT2D eigenvalue weighted by Gasteiger charge is 2.43. The number of amides is 1. The molecule has 2 N–H and O–H groups in total. The van der Waals surface area contributed by atoms with Crippen LogP contribution >= 0.6 is 0 Å². The molecule has 1 atom stereocenters. The van der Waals surface area contributed by atoms with Crippen molar-refractivity contribution in [3.63, 3.8) is 0 Å². The van der Waals surface area contributed by atoms with Gasteiger partial charge in [-0.1, -0.05) is 19.1 Å². The Morgan fingerprint density at radius 3 is 2.46 bits per heavy atom.